The Kier molecular flexibility index (Phi) is 4.46. The van der Waals surface area contributed by atoms with E-state index < -0.39 is 0 Å². The van der Waals surface area contributed by atoms with E-state index in [1.54, 1.807) is 23.8 Å². The van der Waals surface area contributed by atoms with Gasteiger partial charge in [-0.2, -0.15) is 0 Å². The second-order valence-electron chi connectivity index (χ2n) is 5.70. The summed E-state index contributed by atoms with van der Waals surface area (Å²) in [6.07, 6.45) is 5.69. The molecule has 0 spiro atoms. The zero-order valence-corrected chi connectivity index (χ0v) is 14.6. The van der Waals surface area contributed by atoms with Crippen LogP contribution in [0.25, 0.3) is 0 Å². The first-order valence-corrected chi connectivity index (χ1v) is 9.56. The molecular formula is C17H17N3O2S2. The van der Waals surface area contributed by atoms with Gasteiger partial charge in [-0.3, -0.25) is 15.0 Å². The van der Waals surface area contributed by atoms with Gasteiger partial charge in [-0.25, -0.2) is 4.98 Å². The Morgan fingerprint density at radius 1 is 1.42 bits per heavy atom. The van der Waals surface area contributed by atoms with Gasteiger partial charge in [0, 0.05) is 22.5 Å². The lowest BCUT2D eigenvalue weighted by molar-refractivity contribution is 0.103. The highest BCUT2D eigenvalue weighted by atomic mass is 32.1. The Hall–Kier alpha value is -1.96. The molecular weight excluding hydrogens is 342 g/mol. The van der Waals surface area contributed by atoms with E-state index in [1.807, 2.05) is 23.6 Å². The van der Waals surface area contributed by atoms with E-state index in [9.17, 15) is 4.79 Å². The van der Waals surface area contributed by atoms with Gasteiger partial charge in [-0.15, -0.1) is 22.7 Å². The third-order valence-electron chi connectivity index (χ3n) is 4.13. The number of carbonyl (C=O) groups is 1. The number of hydrogen-bond acceptors (Lipinski definition) is 6. The minimum atomic E-state index is -0.0863. The molecule has 124 valence electrons. The molecule has 5 nitrogen and oxygen atoms in total. The van der Waals surface area contributed by atoms with E-state index in [4.69, 9.17) is 4.42 Å². The quantitative estimate of drug-likeness (QED) is 0.734. The summed E-state index contributed by atoms with van der Waals surface area (Å²) in [5.41, 5.74) is 0. The molecule has 0 saturated carbocycles. The van der Waals surface area contributed by atoms with Crippen LogP contribution >= 0.6 is 22.7 Å². The molecule has 0 radical (unpaired) electrons. The number of likely N-dealkylation sites (tertiary alicyclic amines) is 1. The van der Waals surface area contributed by atoms with Crippen molar-refractivity contribution < 1.29 is 9.21 Å². The molecule has 1 aliphatic heterocycles. The largest absolute Gasteiger partial charge is 0.468 e. The summed E-state index contributed by atoms with van der Waals surface area (Å²) in [5.74, 6) is 0.900. The third-order valence-corrected chi connectivity index (χ3v) is 6.01. The number of thiophene rings is 1. The SMILES string of the molecule is O=C(Nc1nccs1)c1ccc([C@H]2CCCN2Cc2ccco2)s1. The van der Waals surface area contributed by atoms with Crippen molar-refractivity contribution in [1.29, 1.82) is 0 Å². The average molecular weight is 359 g/mol. The average Bonchev–Trinajstić information content (AvgIpc) is 3.36. The van der Waals surface area contributed by atoms with Crippen LogP contribution in [0.5, 0.6) is 0 Å². The van der Waals surface area contributed by atoms with Crippen LogP contribution in [0.3, 0.4) is 0 Å². The molecule has 0 aliphatic carbocycles. The number of anilines is 1. The lowest BCUT2D eigenvalue weighted by atomic mass is 10.2. The zero-order chi connectivity index (χ0) is 16.4. The Morgan fingerprint density at radius 2 is 2.38 bits per heavy atom. The minimum absolute atomic E-state index is 0.0863. The second kappa shape index (κ2) is 6.88. The Balaban J connectivity index is 1.46. The summed E-state index contributed by atoms with van der Waals surface area (Å²) < 4.78 is 5.47. The maximum absolute atomic E-state index is 12.3. The molecule has 24 heavy (non-hydrogen) atoms. The first kappa shape index (κ1) is 15.6. The molecule has 0 bridgehead atoms. The molecule has 7 heteroatoms. The summed E-state index contributed by atoms with van der Waals surface area (Å²) in [6.45, 7) is 1.88. The van der Waals surface area contributed by atoms with Crippen LogP contribution in [0.15, 0.2) is 46.5 Å². The van der Waals surface area contributed by atoms with Crippen LogP contribution in [-0.2, 0) is 6.54 Å². The molecule has 0 unspecified atom stereocenters. The third kappa shape index (κ3) is 3.28. The van der Waals surface area contributed by atoms with Gasteiger partial charge in [-0.05, 0) is 43.7 Å². The van der Waals surface area contributed by atoms with Crippen molar-refractivity contribution in [2.24, 2.45) is 0 Å². The molecule has 0 aromatic carbocycles. The number of thiazole rings is 1. The fourth-order valence-electron chi connectivity index (χ4n) is 3.04. The van der Waals surface area contributed by atoms with Gasteiger partial charge in [0.05, 0.1) is 17.7 Å². The molecule has 1 amide bonds. The van der Waals surface area contributed by atoms with E-state index in [1.165, 1.54) is 22.6 Å². The molecule has 1 atom stereocenters. The van der Waals surface area contributed by atoms with Crippen molar-refractivity contribution in [2.45, 2.75) is 25.4 Å². The second-order valence-corrected chi connectivity index (χ2v) is 7.71. The van der Waals surface area contributed by atoms with Crippen LogP contribution in [0.1, 0.15) is 39.2 Å². The molecule has 1 saturated heterocycles. The summed E-state index contributed by atoms with van der Waals surface area (Å²) >= 11 is 2.99. The highest BCUT2D eigenvalue weighted by molar-refractivity contribution is 7.15. The van der Waals surface area contributed by atoms with Crippen molar-refractivity contribution in [3.05, 3.63) is 57.6 Å². The van der Waals surface area contributed by atoms with Crippen molar-refractivity contribution in [3.63, 3.8) is 0 Å². The van der Waals surface area contributed by atoms with E-state index in [-0.39, 0.29) is 5.91 Å². The van der Waals surface area contributed by atoms with E-state index in [0.717, 1.165) is 30.1 Å². The standard InChI is InChI=1S/C17H17N3O2S2/c21-16(19-17-18-7-10-23-17)15-6-5-14(24-15)13-4-1-8-20(13)11-12-3-2-9-22-12/h2-3,5-7,9-10,13H,1,4,8,11H2,(H,18,19,21)/t13-/m1/s1. The predicted molar refractivity (Wildman–Crippen MR) is 95.5 cm³/mol. The van der Waals surface area contributed by atoms with E-state index in [0.29, 0.717) is 11.2 Å². The van der Waals surface area contributed by atoms with Gasteiger partial charge < -0.3 is 4.42 Å². The van der Waals surface area contributed by atoms with Gasteiger partial charge in [0.25, 0.3) is 5.91 Å². The summed E-state index contributed by atoms with van der Waals surface area (Å²) in [7, 11) is 0. The Labute approximate surface area is 147 Å². The normalized spacial score (nSPS) is 18.1. The number of nitrogens with zero attached hydrogens (tertiary/aromatic N) is 2. The first-order chi connectivity index (χ1) is 11.8. The highest BCUT2D eigenvalue weighted by Crippen LogP contribution is 2.37. The van der Waals surface area contributed by atoms with E-state index >= 15 is 0 Å². The number of aromatic nitrogens is 1. The molecule has 4 heterocycles. The number of nitrogens with one attached hydrogen (secondary N) is 1. The number of carbonyl (C=O) groups excluding carboxylic acids is 1. The lowest BCUT2D eigenvalue weighted by Crippen LogP contribution is -2.21. The Bertz CT molecular complexity index is 796. The van der Waals surface area contributed by atoms with Crippen LogP contribution < -0.4 is 5.32 Å². The van der Waals surface area contributed by atoms with Gasteiger partial charge >= 0.3 is 0 Å². The Morgan fingerprint density at radius 3 is 3.17 bits per heavy atom. The fraction of sp³-hybridized carbons (Fsp3) is 0.294. The van der Waals surface area contributed by atoms with Gasteiger partial charge in [-0.1, -0.05) is 0 Å². The number of furan rings is 1. The minimum Gasteiger partial charge on any atom is -0.468 e. The molecule has 1 N–H and O–H groups in total. The van der Waals surface area contributed by atoms with Crippen LogP contribution in [0.2, 0.25) is 0 Å². The van der Waals surface area contributed by atoms with Crippen LogP contribution in [0, 0.1) is 0 Å². The number of amides is 1. The predicted octanol–water partition coefficient (Wildman–Crippen LogP) is 4.39. The van der Waals surface area contributed by atoms with Gasteiger partial charge in [0.2, 0.25) is 0 Å². The molecule has 3 aromatic rings. The molecule has 3 aromatic heterocycles. The molecule has 1 fully saturated rings. The highest BCUT2D eigenvalue weighted by Gasteiger charge is 2.28. The summed E-state index contributed by atoms with van der Waals surface area (Å²) in [6, 6.07) is 8.28. The summed E-state index contributed by atoms with van der Waals surface area (Å²) in [4.78, 5) is 20.8. The maximum atomic E-state index is 12.3. The van der Waals surface area contributed by atoms with Crippen LogP contribution in [0.4, 0.5) is 5.13 Å². The first-order valence-electron chi connectivity index (χ1n) is 7.86. The molecule has 1 aliphatic rings. The van der Waals surface area contributed by atoms with Crippen LogP contribution in [-0.4, -0.2) is 22.3 Å². The number of hydrogen-bond donors (Lipinski definition) is 1. The number of rotatable bonds is 5. The van der Waals surface area contributed by atoms with Crippen molar-refractivity contribution >= 4 is 33.7 Å². The van der Waals surface area contributed by atoms with Crippen molar-refractivity contribution in [3.8, 4) is 0 Å². The molecule has 4 rings (SSSR count). The zero-order valence-electron chi connectivity index (χ0n) is 13.0. The van der Waals surface area contributed by atoms with Gasteiger partial charge in [0.15, 0.2) is 5.13 Å². The monoisotopic (exact) mass is 359 g/mol. The topological polar surface area (TPSA) is 58.4 Å². The van der Waals surface area contributed by atoms with Crippen molar-refractivity contribution in [2.75, 3.05) is 11.9 Å². The van der Waals surface area contributed by atoms with E-state index in [2.05, 4.69) is 21.3 Å². The smallest absolute Gasteiger partial charge is 0.267 e. The lowest BCUT2D eigenvalue weighted by Gasteiger charge is -2.22. The van der Waals surface area contributed by atoms with Crippen molar-refractivity contribution in [1.82, 2.24) is 9.88 Å². The maximum Gasteiger partial charge on any atom is 0.267 e. The summed E-state index contributed by atoms with van der Waals surface area (Å²) in [5, 5.41) is 5.32. The van der Waals surface area contributed by atoms with Gasteiger partial charge in [0.1, 0.15) is 5.76 Å². The fourth-order valence-corrected chi connectivity index (χ4v) is 4.63.